The van der Waals surface area contributed by atoms with Gasteiger partial charge in [0.2, 0.25) is 0 Å². The SMILES string of the molecule is CCCS(=O)(=O)c1ccccc1C(=O)NCC(N)C1CC1. The van der Waals surface area contributed by atoms with Crippen molar-refractivity contribution in [3.8, 4) is 0 Å². The highest BCUT2D eigenvalue weighted by atomic mass is 32.2. The normalized spacial score (nSPS) is 16.5. The Bertz CT molecular complexity index is 609. The van der Waals surface area contributed by atoms with Crippen LogP contribution >= 0.6 is 0 Å². The Morgan fingerprint density at radius 1 is 1.38 bits per heavy atom. The highest BCUT2D eigenvalue weighted by Gasteiger charge is 2.29. The minimum Gasteiger partial charge on any atom is -0.350 e. The maximum absolute atomic E-state index is 12.2. The molecule has 0 heterocycles. The lowest BCUT2D eigenvalue weighted by atomic mass is 10.2. The number of amides is 1. The zero-order chi connectivity index (χ0) is 15.5. The van der Waals surface area contributed by atoms with Gasteiger partial charge in [0.25, 0.3) is 5.91 Å². The number of hydrogen-bond donors (Lipinski definition) is 2. The van der Waals surface area contributed by atoms with E-state index in [9.17, 15) is 13.2 Å². The predicted octanol–water partition coefficient (Wildman–Crippen LogP) is 1.34. The van der Waals surface area contributed by atoms with E-state index in [-0.39, 0.29) is 28.2 Å². The number of rotatable bonds is 7. The Morgan fingerprint density at radius 2 is 2.05 bits per heavy atom. The van der Waals surface area contributed by atoms with Gasteiger partial charge in [-0.25, -0.2) is 8.42 Å². The third kappa shape index (κ3) is 4.04. The van der Waals surface area contributed by atoms with Gasteiger partial charge in [-0.15, -0.1) is 0 Å². The van der Waals surface area contributed by atoms with Crippen molar-refractivity contribution in [3.63, 3.8) is 0 Å². The quantitative estimate of drug-likeness (QED) is 0.795. The van der Waals surface area contributed by atoms with Gasteiger partial charge in [-0.3, -0.25) is 4.79 Å². The molecule has 0 aromatic heterocycles. The van der Waals surface area contributed by atoms with Crippen molar-refractivity contribution in [2.24, 2.45) is 11.7 Å². The van der Waals surface area contributed by atoms with Crippen LogP contribution in [0, 0.1) is 5.92 Å². The van der Waals surface area contributed by atoms with Gasteiger partial charge in [-0.1, -0.05) is 19.1 Å². The van der Waals surface area contributed by atoms with E-state index >= 15 is 0 Å². The van der Waals surface area contributed by atoms with Crippen LogP contribution in [0.25, 0.3) is 0 Å². The molecule has 0 bridgehead atoms. The molecule has 0 saturated heterocycles. The average Bonchev–Trinajstić information content (AvgIpc) is 3.29. The van der Waals surface area contributed by atoms with E-state index in [0.717, 1.165) is 12.8 Å². The first-order valence-electron chi connectivity index (χ1n) is 7.31. The summed E-state index contributed by atoms with van der Waals surface area (Å²) in [6.45, 7) is 2.18. The maximum atomic E-state index is 12.2. The van der Waals surface area contributed by atoms with Crippen LogP contribution in [0.4, 0.5) is 0 Å². The number of carbonyl (C=O) groups is 1. The summed E-state index contributed by atoms with van der Waals surface area (Å²) in [6, 6.07) is 6.28. The lowest BCUT2D eigenvalue weighted by Crippen LogP contribution is -2.39. The third-order valence-electron chi connectivity index (χ3n) is 3.67. The zero-order valence-electron chi connectivity index (χ0n) is 12.2. The summed E-state index contributed by atoms with van der Waals surface area (Å²) in [5.74, 6) is 0.157. The Balaban J connectivity index is 2.13. The van der Waals surface area contributed by atoms with Crippen LogP contribution in [0.5, 0.6) is 0 Å². The molecule has 0 spiro atoms. The first-order chi connectivity index (χ1) is 9.95. The Hall–Kier alpha value is -1.40. The van der Waals surface area contributed by atoms with Crippen molar-refractivity contribution in [1.29, 1.82) is 0 Å². The second kappa shape index (κ2) is 6.58. The van der Waals surface area contributed by atoms with Crippen molar-refractivity contribution in [2.75, 3.05) is 12.3 Å². The molecule has 1 amide bonds. The van der Waals surface area contributed by atoms with Gasteiger partial charge in [-0.05, 0) is 37.3 Å². The van der Waals surface area contributed by atoms with Crippen LogP contribution in [-0.4, -0.2) is 32.7 Å². The molecule has 1 unspecified atom stereocenters. The summed E-state index contributed by atoms with van der Waals surface area (Å²) in [5, 5.41) is 2.75. The molecule has 21 heavy (non-hydrogen) atoms. The summed E-state index contributed by atoms with van der Waals surface area (Å²) in [6.07, 6.45) is 2.74. The fourth-order valence-corrected chi connectivity index (χ4v) is 3.84. The average molecular weight is 310 g/mol. The summed E-state index contributed by atoms with van der Waals surface area (Å²) in [7, 11) is -3.42. The standard InChI is InChI=1S/C15H22N2O3S/c1-2-9-21(19,20)14-6-4-3-5-12(14)15(18)17-10-13(16)11-7-8-11/h3-6,11,13H,2,7-10,16H2,1H3,(H,17,18). The van der Waals surface area contributed by atoms with E-state index in [1.54, 1.807) is 25.1 Å². The Labute approximate surface area is 125 Å². The van der Waals surface area contributed by atoms with Crippen LogP contribution in [0.3, 0.4) is 0 Å². The van der Waals surface area contributed by atoms with Crippen LogP contribution in [0.15, 0.2) is 29.2 Å². The number of nitrogens with one attached hydrogen (secondary N) is 1. The molecule has 2 rings (SSSR count). The largest absolute Gasteiger partial charge is 0.350 e. The highest BCUT2D eigenvalue weighted by molar-refractivity contribution is 7.91. The molecule has 1 aliphatic rings. The minimum atomic E-state index is -3.42. The molecule has 1 aromatic carbocycles. The van der Waals surface area contributed by atoms with E-state index in [0.29, 0.717) is 18.9 Å². The van der Waals surface area contributed by atoms with Crippen LogP contribution < -0.4 is 11.1 Å². The zero-order valence-corrected chi connectivity index (χ0v) is 13.0. The number of sulfone groups is 1. The fourth-order valence-electron chi connectivity index (χ4n) is 2.30. The maximum Gasteiger partial charge on any atom is 0.252 e. The molecule has 1 aliphatic carbocycles. The van der Waals surface area contributed by atoms with Gasteiger partial charge in [0.15, 0.2) is 9.84 Å². The second-order valence-electron chi connectivity index (χ2n) is 5.53. The fraction of sp³-hybridized carbons (Fsp3) is 0.533. The van der Waals surface area contributed by atoms with Gasteiger partial charge in [0, 0.05) is 12.6 Å². The van der Waals surface area contributed by atoms with Gasteiger partial charge < -0.3 is 11.1 Å². The lowest BCUT2D eigenvalue weighted by Gasteiger charge is -2.13. The summed E-state index contributed by atoms with van der Waals surface area (Å²) < 4.78 is 24.4. The minimum absolute atomic E-state index is 0.0406. The summed E-state index contributed by atoms with van der Waals surface area (Å²) in [4.78, 5) is 12.3. The van der Waals surface area contributed by atoms with E-state index in [2.05, 4.69) is 5.32 Å². The topological polar surface area (TPSA) is 89.3 Å². The monoisotopic (exact) mass is 310 g/mol. The first-order valence-corrected chi connectivity index (χ1v) is 8.96. The third-order valence-corrected chi connectivity index (χ3v) is 5.64. The summed E-state index contributed by atoms with van der Waals surface area (Å²) in [5.41, 5.74) is 6.15. The van der Waals surface area contributed by atoms with Crippen molar-refractivity contribution >= 4 is 15.7 Å². The van der Waals surface area contributed by atoms with Gasteiger partial charge in [-0.2, -0.15) is 0 Å². The van der Waals surface area contributed by atoms with Crippen molar-refractivity contribution in [2.45, 2.75) is 37.1 Å². The summed E-state index contributed by atoms with van der Waals surface area (Å²) >= 11 is 0. The molecule has 116 valence electrons. The van der Waals surface area contributed by atoms with E-state index in [1.807, 2.05) is 0 Å². The number of hydrogen-bond acceptors (Lipinski definition) is 4. The van der Waals surface area contributed by atoms with E-state index in [1.165, 1.54) is 6.07 Å². The Kier molecular flexibility index (Phi) is 5.00. The highest BCUT2D eigenvalue weighted by Crippen LogP contribution is 2.31. The number of carbonyl (C=O) groups excluding carboxylic acids is 1. The molecule has 0 aliphatic heterocycles. The number of nitrogens with two attached hydrogens (primary N) is 1. The molecule has 0 radical (unpaired) electrons. The Morgan fingerprint density at radius 3 is 2.67 bits per heavy atom. The smallest absolute Gasteiger partial charge is 0.252 e. The lowest BCUT2D eigenvalue weighted by molar-refractivity contribution is 0.0947. The molecular formula is C15H22N2O3S. The molecule has 5 nitrogen and oxygen atoms in total. The molecular weight excluding hydrogens is 288 g/mol. The van der Waals surface area contributed by atoms with Crippen LogP contribution in [0.2, 0.25) is 0 Å². The van der Waals surface area contributed by atoms with Crippen LogP contribution in [0.1, 0.15) is 36.5 Å². The van der Waals surface area contributed by atoms with Gasteiger partial charge in [0.05, 0.1) is 16.2 Å². The predicted molar refractivity (Wildman–Crippen MR) is 81.8 cm³/mol. The van der Waals surface area contributed by atoms with Crippen LogP contribution in [-0.2, 0) is 9.84 Å². The first kappa shape index (κ1) is 16.0. The molecule has 1 atom stereocenters. The molecule has 1 aromatic rings. The second-order valence-corrected chi connectivity index (χ2v) is 7.60. The molecule has 3 N–H and O–H groups in total. The van der Waals surface area contributed by atoms with Crippen molar-refractivity contribution < 1.29 is 13.2 Å². The van der Waals surface area contributed by atoms with Gasteiger partial charge >= 0.3 is 0 Å². The number of benzene rings is 1. The van der Waals surface area contributed by atoms with E-state index < -0.39 is 9.84 Å². The van der Waals surface area contributed by atoms with E-state index in [4.69, 9.17) is 5.73 Å². The molecule has 6 heteroatoms. The van der Waals surface area contributed by atoms with Crippen molar-refractivity contribution in [1.82, 2.24) is 5.32 Å². The molecule has 1 saturated carbocycles. The molecule has 1 fully saturated rings. The van der Waals surface area contributed by atoms with Crippen molar-refractivity contribution in [3.05, 3.63) is 29.8 Å². The van der Waals surface area contributed by atoms with Gasteiger partial charge in [0.1, 0.15) is 0 Å².